The van der Waals surface area contributed by atoms with Crippen LogP contribution < -0.4 is 11.1 Å². The maximum atomic E-state index is 5.89. The molecule has 0 unspecified atom stereocenters. The third-order valence-corrected chi connectivity index (χ3v) is 3.15. The number of pyridine rings is 1. The lowest BCUT2D eigenvalue weighted by Crippen LogP contribution is -2.49. The fourth-order valence-electron chi connectivity index (χ4n) is 2.07. The molecule has 88 valence electrons. The largest absolute Gasteiger partial charge is 0.381 e. The molecule has 0 aromatic carbocycles. The number of nitrogens with zero attached hydrogens (tertiary/aromatic N) is 1. The van der Waals surface area contributed by atoms with E-state index in [1.54, 1.807) is 0 Å². The Kier molecular flexibility index (Phi) is 3.41. The number of rotatable bonds is 3. The number of nitrogens with one attached hydrogen (secondary N) is 1. The molecule has 0 bridgehead atoms. The van der Waals surface area contributed by atoms with Crippen LogP contribution in [-0.2, 0) is 4.74 Å². The van der Waals surface area contributed by atoms with E-state index in [4.69, 9.17) is 10.5 Å². The highest BCUT2D eigenvalue weighted by atomic mass is 16.5. The van der Waals surface area contributed by atoms with Crippen molar-refractivity contribution in [3.05, 3.63) is 24.0 Å². The van der Waals surface area contributed by atoms with Crippen LogP contribution in [0.3, 0.4) is 0 Å². The van der Waals surface area contributed by atoms with Crippen LogP contribution >= 0.6 is 0 Å². The van der Waals surface area contributed by atoms with Crippen LogP contribution in [0.5, 0.6) is 0 Å². The topological polar surface area (TPSA) is 60.2 Å². The molecule has 3 N–H and O–H groups in total. The summed E-state index contributed by atoms with van der Waals surface area (Å²) in [6, 6.07) is 4.03. The molecule has 2 heterocycles. The van der Waals surface area contributed by atoms with E-state index in [0.717, 1.165) is 37.4 Å². The molecule has 16 heavy (non-hydrogen) atoms. The zero-order chi connectivity index (χ0) is 11.4. The molecule has 1 aliphatic heterocycles. The van der Waals surface area contributed by atoms with E-state index in [1.807, 2.05) is 25.3 Å². The van der Waals surface area contributed by atoms with E-state index in [-0.39, 0.29) is 5.54 Å². The summed E-state index contributed by atoms with van der Waals surface area (Å²) < 4.78 is 5.38. The van der Waals surface area contributed by atoms with Crippen molar-refractivity contribution in [2.24, 2.45) is 5.73 Å². The van der Waals surface area contributed by atoms with Crippen molar-refractivity contribution in [1.82, 2.24) is 4.98 Å². The normalized spacial score (nSPS) is 19.4. The number of hydrogen-bond acceptors (Lipinski definition) is 4. The van der Waals surface area contributed by atoms with Gasteiger partial charge in [-0.2, -0.15) is 0 Å². The lowest BCUT2D eigenvalue weighted by atomic mass is 9.90. The molecule has 1 saturated heterocycles. The molecule has 1 fully saturated rings. The third kappa shape index (κ3) is 2.51. The van der Waals surface area contributed by atoms with Crippen molar-refractivity contribution in [3.63, 3.8) is 0 Å². The minimum absolute atomic E-state index is 0.00789. The van der Waals surface area contributed by atoms with Gasteiger partial charge in [0, 0.05) is 37.3 Å². The first-order valence-corrected chi connectivity index (χ1v) is 5.73. The minimum Gasteiger partial charge on any atom is -0.381 e. The zero-order valence-electron chi connectivity index (χ0n) is 9.70. The van der Waals surface area contributed by atoms with Crippen LogP contribution in [0, 0.1) is 6.92 Å². The summed E-state index contributed by atoms with van der Waals surface area (Å²) in [6.07, 6.45) is 3.75. The van der Waals surface area contributed by atoms with Crippen LogP contribution in [0.15, 0.2) is 18.3 Å². The summed E-state index contributed by atoms with van der Waals surface area (Å²) in [5.74, 6) is 0. The van der Waals surface area contributed by atoms with Gasteiger partial charge in [-0.1, -0.05) is 0 Å². The predicted molar refractivity (Wildman–Crippen MR) is 64.4 cm³/mol. The molecule has 4 nitrogen and oxygen atoms in total. The number of aryl methyl sites for hydroxylation is 1. The summed E-state index contributed by atoms with van der Waals surface area (Å²) in [5, 5.41) is 3.54. The molecule has 0 saturated carbocycles. The minimum atomic E-state index is -0.00789. The molecule has 1 aromatic heterocycles. The van der Waals surface area contributed by atoms with E-state index in [9.17, 15) is 0 Å². The molecular formula is C12H19N3O. The predicted octanol–water partition coefficient (Wildman–Crippen LogP) is 1.31. The van der Waals surface area contributed by atoms with Gasteiger partial charge in [0.1, 0.15) is 0 Å². The Labute approximate surface area is 96.2 Å². The maximum absolute atomic E-state index is 5.89. The number of ether oxygens (including phenoxy) is 1. The Morgan fingerprint density at radius 2 is 2.25 bits per heavy atom. The Morgan fingerprint density at radius 1 is 1.50 bits per heavy atom. The maximum Gasteiger partial charge on any atom is 0.0539 e. The van der Waals surface area contributed by atoms with Crippen LogP contribution in [0.1, 0.15) is 18.5 Å². The highest BCUT2D eigenvalue weighted by molar-refractivity contribution is 5.46. The number of aromatic nitrogens is 1. The molecule has 1 aliphatic rings. The summed E-state index contributed by atoms with van der Waals surface area (Å²) in [5.41, 5.74) is 8.00. The SMILES string of the molecule is Cc1cc(NC2(CN)CCOCC2)ccn1. The summed E-state index contributed by atoms with van der Waals surface area (Å²) in [6.45, 7) is 4.20. The zero-order valence-corrected chi connectivity index (χ0v) is 9.70. The van der Waals surface area contributed by atoms with Crippen LogP contribution in [0.2, 0.25) is 0 Å². The molecule has 4 heteroatoms. The van der Waals surface area contributed by atoms with Crippen molar-refractivity contribution in [2.75, 3.05) is 25.1 Å². The van der Waals surface area contributed by atoms with Crippen molar-refractivity contribution >= 4 is 5.69 Å². The lowest BCUT2D eigenvalue weighted by Gasteiger charge is -2.37. The van der Waals surface area contributed by atoms with Crippen molar-refractivity contribution in [3.8, 4) is 0 Å². The van der Waals surface area contributed by atoms with Gasteiger partial charge < -0.3 is 15.8 Å². The van der Waals surface area contributed by atoms with Crippen molar-refractivity contribution in [2.45, 2.75) is 25.3 Å². The first-order chi connectivity index (χ1) is 7.74. The monoisotopic (exact) mass is 221 g/mol. The molecule has 0 aliphatic carbocycles. The van der Waals surface area contributed by atoms with Crippen LogP contribution in [0.4, 0.5) is 5.69 Å². The van der Waals surface area contributed by atoms with E-state index < -0.39 is 0 Å². The summed E-state index contributed by atoms with van der Waals surface area (Å²) in [7, 11) is 0. The third-order valence-electron chi connectivity index (χ3n) is 3.15. The lowest BCUT2D eigenvalue weighted by molar-refractivity contribution is 0.0628. The van der Waals surface area contributed by atoms with E-state index in [0.29, 0.717) is 6.54 Å². The van der Waals surface area contributed by atoms with Gasteiger partial charge in [-0.05, 0) is 31.9 Å². The Hall–Kier alpha value is -1.13. The molecular weight excluding hydrogens is 202 g/mol. The number of anilines is 1. The molecule has 0 spiro atoms. The second-order valence-corrected chi connectivity index (χ2v) is 4.41. The fourth-order valence-corrected chi connectivity index (χ4v) is 2.07. The standard InChI is InChI=1S/C12H19N3O/c1-10-8-11(2-5-14-10)15-12(9-13)3-6-16-7-4-12/h2,5,8H,3-4,6-7,9,13H2,1H3,(H,14,15). The molecule has 1 aromatic rings. The molecule has 0 atom stereocenters. The van der Waals surface area contributed by atoms with Gasteiger partial charge in [0.2, 0.25) is 0 Å². The van der Waals surface area contributed by atoms with Gasteiger partial charge in [0.05, 0.1) is 5.54 Å². The van der Waals surface area contributed by atoms with Gasteiger partial charge in [-0.15, -0.1) is 0 Å². The quantitative estimate of drug-likeness (QED) is 0.808. The van der Waals surface area contributed by atoms with Gasteiger partial charge in [0.25, 0.3) is 0 Å². The Morgan fingerprint density at radius 3 is 2.88 bits per heavy atom. The average Bonchev–Trinajstić information content (AvgIpc) is 2.30. The molecule has 0 radical (unpaired) electrons. The fraction of sp³-hybridized carbons (Fsp3) is 0.583. The highest BCUT2D eigenvalue weighted by Gasteiger charge is 2.30. The molecule has 0 amide bonds. The van der Waals surface area contributed by atoms with Crippen LogP contribution in [0.25, 0.3) is 0 Å². The van der Waals surface area contributed by atoms with Gasteiger partial charge in [-0.3, -0.25) is 4.98 Å². The van der Waals surface area contributed by atoms with Gasteiger partial charge >= 0.3 is 0 Å². The summed E-state index contributed by atoms with van der Waals surface area (Å²) >= 11 is 0. The van der Waals surface area contributed by atoms with E-state index >= 15 is 0 Å². The molecule has 2 rings (SSSR count). The van der Waals surface area contributed by atoms with Gasteiger partial charge in [0.15, 0.2) is 0 Å². The van der Waals surface area contributed by atoms with Crippen molar-refractivity contribution in [1.29, 1.82) is 0 Å². The van der Waals surface area contributed by atoms with E-state index in [1.165, 1.54) is 0 Å². The van der Waals surface area contributed by atoms with Crippen LogP contribution in [-0.4, -0.2) is 30.3 Å². The highest BCUT2D eigenvalue weighted by Crippen LogP contribution is 2.24. The smallest absolute Gasteiger partial charge is 0.0539 e. The van der Waals surface area contributed by atoms with Crippen molar-refractivity contribution < 1.29 is 4.74 Å². The first-order valence-electron chi connectivity index (χ1n) is 5.73. The second kappa shape index (κ2) is 4.80. The van der Waals surface area contributed by atoms with Gasteiger partial charge in [-0.25, -0.2) is 0 Å². The Balaban J connectivity index is 2.11. The number of nitrogens with two attached hydrogens (primary N) is 1. The number of hydrogen-bond donors (Lipinski definition) is 2. The Bertz CT molecular complexity index is 348. The first kappa shape index (κ1) is 11.4. The second-order valence-electron chi connectivity index (χ2n) is 4.41. The average molecular weight is 221 g/mol. The summed E-state index contributed by atoms with van der Waals surface area (Å²) in [4.78, 5) is 4.19. The van der Waals surface area contributed by atoms with E-state index in [2.05, 4.69) is 10.3 Å².